The Bertz CT molecular complexity index is 629. The van der Waals surface area contributed by atoms with Crippen molar-refractivity contribution < 1.29 is 4.79 Å². The molecular weight excluding hydrogens is 360 g/mol. The van der Waals surface area contributed by atoms with Crippen LogP contribution in [-0.4, -0.2) is 60.6 Å². The molecule has 0 aromatic rings. The van der Waals surface area contributed by atoms with Gasteiger partial charge < -0.3 is 15.1 Å². The molecule has 3 saturated carbocycles. The number of nitrogens with one attached hydrogen (secondary N) is 2. The van der Waals surface area contributed by atoms with E-state index in [4.69, 9.17) is 0 Å². The largest absolute Gasteiger partial charge is 0.372 e. The quantitative estimate of drug-likeness (QED) is 0.762. The first-order chi connectivity index (χ1) is 14.0. The number of nitrogens with zero attached hydrogens (tertiary/aromatic N) is 2. The molecule has 162 valence electrons. The fourth-order valence-electron chi connectivity index (χ4n) is 6.71. The topological polar surface area (TPSA) is 47.6 Å². The Morgan fingerprint density at radius 1 is 0.931 bits per heavy atom. The van der Waals surface area contributed by atoms with E-state index in [2.05, 4.69) is 33.9 Å². The van der Waals surface area contributed by atoms with E-state index in [1.54, 1.807) is 0 Å². The molecule has 5 aliphatic rings. The number of rotatable bonds is 4. The molecule has 2 heterocycles. The maximum absolute atomic E-state index is 12.6. The van der Waals surface area contributed by atoms with E-state index in [9.17, 15) is 4.79 Å². The van der Waals surface area contributed by atoms with Gasteiger partial charge in [-0.3, -0.25) is 10.1 Å². The van der Waals surface area contributed by atoms with Crippen LogP contribution in [0.15, 0.2) is 12.3 Å². The van der Waals surface area contributed by atoms with E-state index in [0.717, 1.165) is 63.6 Å². The molecule has 0 aromatic carbocycles. The highest BCUT2D eigenvalue weighted by molar-refractivity contribution is 5.85. The summed E-state index contributed by atoms with van der Waals surface area (Å²) in [6.07, 6.45) is 11.7. The van der Waals surface area contributed by atoms with Crippen LogP contribution in [0.1, 0.15) is 64.7 Å². The van der Waals surface area contributed by atoms with Gasteiger partial charge in [-0.2, -0.15) is 0 Å². The minimum Gasteiger partial charge on any atom is -0.372 e. The molecule has 3 aliphatic carbocycles. The Morgan fingerprint density at radius 3 is 2.31 bits per heavy atom. The lowest BCUT2D eigenvalue weighted by atomic mass is 9.67. The zero-order valence-electron chi connectivity index (χ0n) is 18.3. The maximum atomic E-state index is 12.6. The maximum Gasteiger partial charge on any atom is 0.228 e. The van der Waals surface area contributed by atoms with Gasteiger partial charge >= 0.3 is 0 Å². The highest BCUT2D eigenvalue weighted by Crippen LogP contribution is 2.47. The first-order valence-corrected chi connectivity index (χ1v) is 12.2. The lowest BCUT2D eigenvalue weighted by Crippen LogP contribution is -2.50. The molecule has 2 N–H and O–H groups in total. The fourth-order valence-corrected chi connectivity index (χ4v) is 6.71. The summed E-state index contributed by atoms with van der Waals surface area (Å²) >= 11 is 0. The summed E-state index contributed by atoms with van der Waals surface area (Å²) in [4.78, 5) is 17.2. The van der Waals surface area contributed by atoms with Crippen molar-refractivity contribution in [1.82, 2.24) is 20.4 Å². The summed E-state index contributed by atoms with van der Waals surface area (Å²) in [5.41, 5.74) is 1.33. The van der Waals surface area contributed by atoms with E-state index in [1.165, 1.54) is 50.6 Å². The Morgan fingerprint density at radius 2 is 1.62 bits per heavy atom. The first kappa shape index (κ1) is 19.9. The molecule has 2 aliphatic heterocycles. The van der Waals surface area contributed by atoms with E-state index >= 15 is 0 Å². The van der Waals surface area contributed by atoms with E-state index in [1.807, 2.05) is 0 Å². The highest BCUT2D eigenvalue weighted by atomic mass is 16.2. The van der Waals surface area contributed by atoms with Crippen LogP contribution in [-0.2, 0) is 4.79 Å². The Labute approximate surface area is 176 Å². The molecule has 3 unspecified atom stereocenters. The number of hydrogen-bond donors (Lipinski definition) is 2. The zero-order chi connectivity index (χ0) is 20.0. The molecule has 5 rings (SSSR count). The van der Waals surface area contributed by atoms with Gasteiger partial charge in [-0.05, 0) is 69.1 Å². The van der Waals surface area contributed by atoms with Crippen LogP contribution in [0.4, 0.5) is 0 Å². The van der Waals surface area contributed by atoms with Gasteiger partial charge in [-0.15, -0.1) is 0 Å². The molecular formula is C24H40N4O. The van der Waals surface area contributed by atoms with Crippen LogP contribution in [0.25, 0.3) is 0 Å². The average Bonchev–Trinajstić information content (AvgIpc) is 3.33. The van der Waals surface area contributed by atoms with E-state index < -0.39 is 0 Å². The molecule has 5 nitrogen and oxygen atoms in total. The number of piperazine rings is 1. The van der Waals surface area contributed by atoms with Crippen LogP contribution >= 0.6 is 0 Å². The summed E-state index contributed by atoms with van der Waals surface area (Å²) in [6.45, 7) is 11.4. The van der Waals surface area contributed by atoms with Gasteiger partial charge in [-0.1, -0.05) is 19.9 Å². The van der Waals surface area contributed by atoms with Crippen molar-refractivity contribution in [3.8, 4) is 0 Å². The third-order valence-electron chi connectivity index (χ3n) is 8.99. The van der Waals surface area contributed by atoms with Crippen molar-refractivity contribution in [3.63, 3.8) is 0 Å². The lowest BCUT2D eigenvalue weighted by Gasteiger charge is -2.44. The summed E-state index contributed by atoms with van der Waals surface area (Å²) in [5.74, 6) is 2.82. The van der Waals surface area contributed by atoms with Gasteiger partial charge in [0.15, 0.2) is 0 Å². The number of hydrogen-bond acceptors (Lipinski definition) is 4. The zero-order valence-corrected chi connectivity index (χ0v) is 18.3. The molecule has 0 aromatic heterocycles. The van der Waals surface area contributed by atoms with Crippen LogP contribution in [0.3, 0.4) is 0 Å². The molecule has 5 heteroatoms. The van der Waals surface area contributed by atoms with Gasteiger partial charge in [0.1, 0.15) is 0 Å². The monoisotopic (exact) mass is 400 g/mol. The molecule has 0 radical (unpaired) electrons. The fraction of sp³-hybridized carbons (Fsp3) is 0.875. The Hall–Kier alpha value is -1.07. The predicted molar refractivity (Wildman–Crippen MR) is 116 cm³/mol. The van der Waals surface area contributed by atoms with Gasteiger partial charge in [0.2, 0.25) is 5.91 Å². The van der Waals surface area contributed by atoms with Crippen molar-refractivity contribution in [1.29, 1.82) is 0 Å². The van der Waals surface area contributed by atoms with Gasteiger partial charge in [0, 0.05) is 56.0 Å². The summed E-state index contributed by atoms with van der Waals surface area (Å²) in [7, 11) is 0. The normalized spacial score (nSPS) is 39.1. The lowest BCUT2D eigenvalue weighted by molar-refractivity contribution is -0.138. The van der Waals surface area contributed by atoms with Crippen molar-refractivity contribution in [3.05, 3.63) is 12.3 Å². The number of amides is 1. The van der Waals surface area contributed by atoms with Gasteiger partial charge in [-0.25, -0.2) is 0 Å². The third kappa shape index (κ3) is 3.85. The number of fused-ring (bicyclic) bond motifs is 1. The predicted octanol–water partition coefficient (Wildman–Crippen LogP) is 2.94. The number of carbonyl (C=O) groups excluding carboxylic acids is 1. The van der Waals surface area contributed by atoms with E-state index in [-0.39, 0.29) is 5.41 Å². The molecule has 0 spiro atoms. The molecule has 3 atom stereocenters. The molecule has 1 amide bonds. The molecule has 29 heavy (non-hydrogen) atoms. The van der Waals surface area contributed by atoms with Crippen LogP contribution in [0, 0.1) is 23.2 Å². The second-order valence-electron chi connectivity index (χ2n) is 10.8. The highest BCUT2D eigenvalue weighted by Gasteiger charge is 2.47. The minimum atomic E-state index is -0.0284. The first-order valence-electron chi connectivity index (χ1n) is 12.2. The Kier molecular flexibility index (Phi) is 5.40. The van der Waals surface area contributed by atoms with Gasteiger partial charge in [0.05, 0.1) is 0 Å². The van der Waals surface area contributed by atoms with Crippen molar-refractivity contribution in [2.75, 3.05) is 32.8 Å². The minimum absolute atomic E-state index is 0.0284. The van der Waals surface area contributed by atoms with Crippen molar-refractivity contribution in [2.24, 2.45) is 23.2 Å². The van der Waals surface area contributed by atoms with Gasteiger partial charge in [0.25, 0.3) is 0 Å². The average molecular weight is 401 g/mol. The van der Waals surface area contributed by atoms with Crippen LogP contribution < -0.4 is 10.6 Å². The summed E-state index contributed by atoms with van der Waals surface area (Å²) in [5, 5.41) is 7.41. The number of carbonyl (C=O) groups is 1. The number of allylic oxidation sites excluding steroid dienone is 1. The summed E-state index contributed by atoms with van der Waals surface area (Å²) < 4.78 is 0. The third-order valence-corrected chi connectivity index (χ3v) is 8.99. The van der Waals surface area contributed by atoms with Crippen LogP contribution in [0.5, 0.6) is 0 Å². The SMILES string of the molecule is C=C(C1CCC(C2CCCC3NCNC32)CC1)N1CCN(C(=O)C2(C)CC2)CC1. The standard InChI is InChI=1S/C24H40N4O/c1-17(27-12-14-28(15-13-27)23(29)24(2)10-11-24)18-6-8-19(9-7-18)20-4-3-5-21-22(20)26-16-25-21/h18-22,25-26H,1,3-16H2,2H3. The second-order valence-corrected chi connectivity index (χ2v) is 10.8. The van der Waals surface area contributed by atoms with Crippen molar-refractivity contribution >= 4 is 5.91 Å². The summed E-state index contributed by atoms with van der Waals surface area (Å²) in [6, 6.07) is 1.44. The van der Waals surface area contributed by atoms with E-state index in [0.29, 0.717) is 17.9 Å². The Balaban J connectivity index is 1.10. The molecule has 0 bridgehead atoms. The smallest absolute Gasteiger partial charge is 0.228 e. The molecule has 2 saturated heterocycles. The van der Waals surface area contributed by atoms with Crippen LogP contribution in [0.2, 0.25) is 0 Å². The second kappa shape index (κ2) is 7.88. The molecule has 5 fully saturated rings. The van der Waals surface area contributed by atoms with Crippen molar-refractivity contribution in [2.45, 2.75) is 76.8 Å².